The van der Waals surface area contributed by atoms with Gasteiger partial charge in [-0.2, -0.15) is 8.75 Å². The van der Waals surface area contributed by atoms with Crippen molar-refractivity contribution >= 4 is 23.3 Å². The Morgan fingerprint density at radius 3 is 3.08 bits per heavy atom. The molecule has 0 saturated heterocycles. The minimum atomic E-state index is -0.623. The van der Waals surface area contributed by atoms with Crippen molar-refractivity contribution in [1.82, 2.24) is 18.3 Å². The van der Waals surface area contributed by atoms with E-state index in [1.165, 1.54) is 11.5 Å². The predicted octanol–water partition coefficient (Wildman–Crippen LogP) is 0.666. The van der Waals surface area contributed by atoms with Crippen molar-refractivity contribution in [3.8, 4) is 0 Å². The minimum Gasteiger partial charge on any atom is -0.386 e. The van der Waals surface area contributed by atoms with E-state index in [0.29, 0.717) is 12.1 Å². The number of nitrogens with zero attached hydrogens (tertiary/aromatic N) is 4. The SMILES string of the molecule is OC(Cc1csnn1)c1cnsn1. The van der Waals surface area contributed by atoms with E-state index < -0.39 is 6.10 Å². The molecule has 0 radical (unpaired) electrons. The van der Waals surface area contributed by atoms with Crippen LogP contribution in [0.1, 0.15) is 17.5 Å². The Morgan fingerprint density at radius 1 is 1.54 bits per heavy atom. The molecule has 1 unspecified atom stereocenters. The van der Waals surface area contributed by atoms with Crippen LogP contribution >= 0.6 is 23.3 Å². The summed E-state index contributed by atoms with van der Waals surface area (Å²) in [5, 5.41) is 15.3. The van der Waals surface area contributed by atoms with Gasteiger partial charge in [0.05, 0.1) is 23.6 Å². The topological polar surface area (TPSA) is 71.8 Å². The third-order valence-corrected chi connectivity index (χ3v) is 2.57. The van der Waals surface area contributed by atoms with Crippen molar-refractivity contribution < 1.29 is 5.11 Å². The van der Waals surface area contributed by atoms with Gasteiger partial charge in [0.2, 0.25) is 0 Å². The first-order valence-electron chi connectivity index (χ1n) is 3.57. The fourth-order valence-electron chi connectivity index (χ4n) is 0.894. The van der Waals surface area contributed by atoms with E-state index in [2.05, 4.69) is 18.3 Å². The van der Waals surface area contributed by atoms with Crippen LogP contribution in [-0.2, 0) is 6.42 Å². The Balaban J connectivity index is 2.04. The third kappa shape index (κ3) is 2.06. The number of rotatable bonds is 3. The summed E-state index contributed by atoms with van der Waals surface area (Å²) >= 11 is 2.36. The molecule has 0 saturated carbocycles. The summed E-state index contributed by atoms with van der Waals surface area (Å²) in [5.41, 5.74) is 1.38. The standard InChI is InChI=1S/C6H6N4OS2/c11-6(5-2-7-13-9-5)1-4-3-12-10-8-4/h2-3,6,11H,1H2. The zero-order chi connectivity index (χ0) is 9.10. The Morgan fingerprint density at radius 2 is 2.46 bits per heavy atom. The van der Waals surface area contributed by atoms with E-state index in [1.54, 1.807) is 6.20 Å². The molecule has 0 spiro atoms. The molecule has 2 aromatic heterocycles. The predicted molar refractivity (Wildman–Crippen MR) is 48.5 cm³/mol. The van der Waals surface area contributed by atoms with Crippen molar-refractivity contribution in [2.45, 2.75) is 12.5 Å². The highest BCUT2D eigenvalue weighted by Crippen LogP contribution is 2.15. The van der Waals surface area contributed by atoms with Crippen LogP contribution in [0.3, 0.4) is 0 Å². The second-order valence-corrected chi connectivity index (χ2v) is 3.61. The summed E-state index contributed by atoms with van der Waals surface area (Å²) in [4.78, 5) is 0. The van der Waals surface area contributed by atoms with Gasteiger partial charge in [-0.15, -0.1) is 5.10 Å². The molecular weight excluding hydrogens is 208 g/mol. The molecule has 0 aromatic carbocycles. The zero-order valence-corrected chi connectivity index (χ0v) is 8.12. The van der Waals surface area contributed by atoms with Crippen LogP contribution in [0.2, 0.25) is 0 Å². The Labute approximate surface area is 82.6 Å². The first-order chi connectivity index (χ1) is 6.36. The second kappa shape index (κ2) is 3.86. The fraction of sp³-hybridized carbons (Fsp3) is 0.333. The molecular formula is C6H6N4OS2. The summed E-state index contributed by atoms with van der Waals surface area (Å²) in [6, 6.07) is 0. The molecule has 68 valence electrons. The highest BCUT2D eigenvalue weighted by molar-refractivity contribution is 7.03. The van der Waals surface area contributed by atoms with Gasteiger partial charge in [0, 0.05) is 11.8 Å². The van der Waals surface area contributed by atoms with Gasteiger partial charge in [-0.3, -0.25) is 0 Å². The average Bonchev–Trinajstić information content (AvgIpc) is 2.74. The number of aromatic nitrogens is 4. The lowest BCUT2D eigenvalue weighted by atomic mass is 10.2. The quantitative estimate of drug-likeness (QED) is 0.812. The maximum atomic E-state index is 9.62. The molecule has 1 N–H and O–H groups in total. The maximum Gasteiger partial charge on any atom is 0.104 e. The van der Waals surface area contributed by atoms with Crippen molar-refractivity contribution in [2.75, 3.05) is 0 Å². The van der Waals surface area contributed by atoms with E-state index in [1.807, 2.05) is 5.38 Å². The molecule has 2 rings (SSSR count). The molecule has 0 aliphatic rings. The van der Waals surface area contributed by atoms with Gasteiger partial charge in [-0.05, 0) is 11.5 Å². The molecule has 0 amide bonds. The summed E-state index contributed by atoms with van der Waals surface area (Å²) in [6.07, 6.45) is 1.39. The molecule has 2 heterocycles. The van der Waals surface area contributed by atoms with Crippen LogP contribution in [0.25, 0.3) is 0 Å². The number of aliphatic hydroxyl groups excluding tert-OH is 1. The van der Waals surface area contributed by atoms with E-state index in [9.17, 15) is 5.11 Å². The van der Waals surface area contributed by atoms with Crippen LogP contribution < -0.4 is 0 Å². The zero-order valence-electron chi connectivity index (χ0n) is 6.49. The van der Waals surface area contributed by atoms with E-state index >= 15 is 0 Å². The summed E-state index contributed by atoms with van der Waals surface area (Å²) in [7, 11) is 0. The fourth-order valence-corrected chi connectivity index (χ4v) is 1.82. The van der Waals surface area contributed by atoms with E-state index in [-0.39, 0.29) is 0 Å². The van der Waals surface area contributed by atoms with Gasteiger partial charge in [0.1, 0.15) is 11.8 Å². The first kappa shape index (κ1) is 8.67. The monoisotopic (exact) mass is 214 g/mol. The number of hydrogen-bond acceptors (Lipinski definition) is 7. The Hall–Kier alpha value is -0.920. The summed E-state index contributed by atoms with van der Waals surface area (Å²) in [6.45, 7) is 0. The average molecular weight is 214 g/mol. The van der Waals surface area contributed by atoms with Crippen LogP contribution in [0.5, 0.6) is 0 Å². The summed E-state index contributed by atoms with van der Waals surface area (Å²) in [5.74, 6) is 0. The third-order valence-electron chi connectivity index (χ3n) is 1.53. The van der Waals surface area contributed by atoms with Crippen LogP contribution in [0.4, 0.5) is 0 Å². The largest absolute Gasteiger partial charge is 0.386 e. The van der Waals surface area contributed by atoms with Crippen LogP contribution in [-0.4, -0.2) is 23.4 Å². The molecule has 5 nitrogen and oxygen atoms in total. The van der Waals surface area contributed by atoms with Crippen LogP contribution in [0, 0.1) is 0 Å². The van der Waals surface area contributed by atoms with Crippen molar-refractivity contribution in [1.29, 1.82) is 0 Å². The smallest absolute Gasteiger partial charge is 0.104 e. The highest BCUT2D eigenvalue weighted by atomic mass is 32.1. The van der Waals surface area contributed by atoms with Crippen molar-refractivity contribution in [2.24, 2.45) is 0 Å². The molecule has 1 atom stereocenters. The Kier molecular flexibility index (Phi) is 2.57. The lowest BCUT2D eigenvalue weighted by Gasteiger charge is -2.02. The van der Waals surface area contributed by atoms with Gasteiger partial charge in [-0.1, -0.05) is 4.49 Å². The molecule has 7 heteroatoms. The second-order valence-electron chi connectivity index (χ2n) is 2.45. The molecule has 0 fully saturated rings. The normalized spacial score (nSPS) is 13.0. The van der Waals surface area contributed by atoms with Gasteiger partial charge in [-0.25, -0.2) is 0 Å². The molecule has 13 heavy (non-hydrogen) atoms. The van der Waals surface area contributed by atoms with Gasteiger partial charge in [0.25, 0.3) is 0 Å². The number of hydrogen-bond donors (Lipinski definition) is 1. The van der Waals surface area contributed by atoms with Gasteiger partial charge >= 0.3 is 0 Å². The van der Waals surface area contributed by atoms with Crippen molar-refractivity contribution in [3.63, 3.8) is 0 Å². The number of aliphatic hydroxyl groups is 1. The molecule has 0 aliphatic heterocycles. The minimum absolute atomic E-state index is 0.446. The molecule has 0 aliphatic carbocycles. The molecule has 0 bridgehead atoms. The summed E-state index contributed by atoms with van der Waals surface area (Å²) < 4.78 is 11.4. The maximum absolute atomic E-state index is 9.62. The van der Waals surface area contributed by atoms with Crippen LogP contribution in [0.15, 0.2) is 11.6 Å². The highest BCUT2D eigenvalue weighted by Gasteiger charge is 2.12. The molecule has 2 aromatic rings. The lowest BCUT2D eigenvalue weighted by molar-refractivity contribution is 0.173. The Bertz CT molecular complexity index is 347. The van der Waals surface area contributed by atoms with Gasteiger partial charge < -0.3 is 5.11 Å². The first-order valence-corrected chi connectivity index (χ1v) is 5.14. The lowest BCUT2D eigenvalue weighted by Crippen LogP contribution is -2.02. The van der Waals surface area contributed by atoms with E-state index in [4.69, 9.17) is 0 Å². The van der Waals surface area contributed by atoms with Crippen molar-refractivity contribution in [3.05, 3.63) is 23.0 Å². The van der Waals surface area contributed by atoms with Gasteiger partial charge in [0.15, 0.2) is 0 Å². The van der Waals surface area contributed by atoms with E-state index in [0.717, 1.165) is 17.4 Å².